The number of ether oxygens (including phenoxy) is 1. The first-order chi connectivity index (χ1) is 10.4. The van der Waals surface area contributed by atoms with E-state index >= 15 is 0 Å². The summed E-state index contributed by atoms with van der Waals surface area (Å²) in [6.07, 6.45) is 2.88. The van der Waals surface area contributed by atoms with Gasteiger partial charge in [0.2, 0.25) is 10.0 Å². The van der Waals surface area contributed by atoms with E-state index in [0.717, 1.165) is 17.9 Å². The summed E-state index contributed by atoms with van der Waals surface area (Å²) in [5.41, 5.74) is 0.936. The average Bonchev–Trinajstić information content (AvgIpc) is 2.89. The van der Waals surface area contributed by atoms with E-state index in [9.17, 15) is 8.42 Å². The van der Waals surface area contributed by atoms with Crippen LogP contribution < -0.4 is 0 Å². The van der Waals surface area contributed by atoms with Crippen LogP contribution in [0, 0.1) is 0 Å². The highest BCUT2D eigenvalue weighted by molar-refractivity contribution is 8.01. The number of pyridine rings is 1. The monoisotopic (exact) mass is 342 g/mol. The molecule has 2 aliphatic rings. The van der Waals surface area contributed by atoms with Crippen molar-refractivity contribution in [3.05, 3.63) is 30.1 Å². The molecule has 1 atom stereocenters. The third-order valence-corrected chi connectivity index (χ3v) is 8.00. The highest BCUT2D eigenvalue weighted by Crippen LogP contribution is 2.47. The lowest BCUT2D eigenvalue weighted by atomic mass is 9.95. The predicted molar refractivity (Wildman–Crippen MR) is 88.2 cm³/mol. The molecule has 2 aliphatic heterocycles. The Kier molecular flexibility index (Phi) is 4.51. The molecule has 0 amide bonds. The molecule has 5 nitrogen and oxygen atoms in total. The first kappa shape index (κ1) is 16.2. The standard InChI is InChI=1S/C15H22N2O3S2/c1-12(2)22(18,19)17-10-15(11-17)7-14(9-21-15)20-8-13-5-3-4-6-16-13/h3-6,12,14H,7-11H2,1-2H3/t14-/m1/s1. The van der Waals surface area contributed by atoms with Crippen molar-refractivity contribution in [1.29, 1.82) is 0 Å². The molecule has 0 aromatic carbocycles. The van der Waals surface area contributed by atoms with Gasteiger partial charge in [0.15, 0.2) is 0 Å². The largest absolute Gasteiger partial charge is 0.371 e. The first-order valence-corrected chi connectivity index (χ1v) is 10.0. The maximum Gasteiger partial charge on any atom is 0.216 e. The number of sulfonamides is 1. The van der Waals surface area contributed by atoms with Crippen molar-refractivity contribution in [1.82, 2.24) is 9.29 Å². The van der Waals surface area contributed by atoms with Gasteiger partial charge in [-0.3, -0.25) is 4.98 Å². The van der Waals surface area contributed by atoms with Gasteiger partial charge in [0, 0.05) is 29.8 Å². The van der Waals surface area contributed by atoms with E-state index in [2.05, 4.69) is 4.98 Å². The van der Waals surface area contributed by atoms with Crippen molar-refractivity contribution in [3.63, 3.8) is 0 Å². The van der Waals surface area contributed by atoms with Crippen molar-refractivity contribution in [3.8, 4) is 0 Å². The molecule has 1 aromatic rings. The molecule has 1 aromatic heterocycles. The fraction of sp³-hybridized carbons (Fsp3) is 0.667. The minimum Gasteiger partial charge on any atom is -0.371 e. The summed E-state index contributed by atoms with van der Waals surface area (Å²) < 4.78 is 31.9. The van der Waals surface area contributed by atoms with E-state index in [1.807, 2.05) is 30.0 Å². The fourth-order valence-electron chi connectivity index (χ4n) is 2.89. The maximum absolute atomic E-state index is 12.1. The summed E-state index contributed by atoms with van der Waals surface area (Å²) in [6, 6.07) is 5.80. The molecule has 2 saturated heterocycles. The van der Waals surface area contributed by atoms with Crippen LogP contribution >= 0.6 is 11.8 Å². The van der Waals surface area contributed by atoms with Crippen molar-refractivity contribution in [2.45, 2.75) is 43.0 Å². The third-order valence-electron chi connectivity index (χ3n) is 4.25. The highest BCUT2D eigenvalue weighted by atomic mass is 32.2. The Labute approximate surface area is 136 Å². The summed E-state index contributed by atoms with van der Waals surface area (Å²) in [7, 11) is -3.11. The van der Waals surface area contributed by atoms with E-state index in [1.54, 1.807) is 24.3 Å². The summed E-state index contributed by atoms with van der Waals surface area (Å²) >= 11 is 1.85. The first-order valence-electron chi connectivity index (χ1n) is 7.56. The zero-order chi connectivity index (χ0) is 15.8. The van der Waals surface area contributed by atoms with E-state index < -0.39 is 10.0 Å². The average molecular weight is 342 g/mol. The minimum absolute atomic E-state index is 0.0662. The lowest BCUT2D eigenvalue weighted by Gasteiger charge is -2.47. The van der Waals surface area contributed by atoms with E-state index in [0.29, 0.717) is 19.7 Å². The molecule has 1 spiro atoms. The van der Waals surface area contributed by atoms with Gasteiger partial charge >= 0.3 is 0 Å². The molecule has 0 unspecified atom stereocenters. The molecule has 0 radical (unpaired) electrons. The summed E-state index contributed by atoms with van der Waals surface area (Å²) in [6.45, 7) is 5.25. The maximum atomic E-state index is 12.1. The van der Waals surface area contributed by atoms with Crippen molar-refractivity contribution in [2.24, 2.45) is 0 Å². The van der Waals surface area contributed by atoms with Crippen molar-refractivity contribution in [2.75, 3.05) is 18.8 Å². The van der Waals surface area contributed by atoms with Crippen LogP contribution in [0.25, 0.3) is 0 Å². The zero-order valence-electron chi connectivity index (χ0n) is 12.9. The normalized spacial score (nSPS) is 24.8. The SMILES string of the molecule is CC(C)S(=O)(=O)N1CC2(C[C@@H](OCc3ccccn3)CS2)C1. The van der Waals surface area contributed by atoms with Gasteiger partial charge in [0.1, 0.15) is 0 Å². The van der Waals surface area contributed by atoms with Gasteiger partial charge in [-0.15, -0.1) is 11.8 Å². The Morgan fingerprint density at radius 1 is 1.45 bits per heavy atom. The molecule has 7 heteroatoms. The molecule has 0 saturated carbocycles. The molecule has 2 fully saturated rings. The number of nitrogens with zero attached hydrogens (tertiary/aromatic N) is 2. The van der Waals surface area contributed by atoms with Crippen molar-refractivity contribution >= 4 is 21.8 Å². The Morgan fingerprint density at radius 3 is 2.86 bits per heavy atom. The molecule has 0 aliphatic carbocycles. The van der Waals surface area contributed by atoms with Crippen LogP contribution in [0.15, 0.2) is 24.4 Å². The number of hydrogen-bond acceptors (Lipinski definition) is 5. The van der Waals surface area contributed by atoms with Gasteiger partial charge in [-0.05, 0) is 32.4 Å². The van der Waals surface area contributed by atoms with Gasteiger partial charge in [-0.25, -0.2) is 8.42 Å². The van der Waals surface area contributed by atoms with Gasteiger partial charge in [0.25, 0.3) is 0 Å². The van der Waals surface area contributed by atoms with Gasteiger partial charge in [-0.1, -0.05) is 6.07 Å². The molecule has 3 heterocycles. The van der Waals surface area contributed by atoms with Crippen LogP contribution in [-0.4, -0.2) is 52.7 Å². The number of thioether (sulfide) groups is 1. The van der Waals surface area contributed by atoms with E-state index in [4.69, 9.17) is 4.74 Å². The molecule has 3 rings (SSSR count). The smallest absolute Gasteiger partial charge is 0.216 e. The molecular weight excluding hydrogens is 320 g/mol. The Hall–Kier alpha value is -0.630. The quantitative estimate of drug-likeness (QED) is 0.818. The number of aromatic nitrogens is 1. The Morgan fingerprint density at radius 2 is 2.23 bits per heavy atom. The van der Waals surface area contributed by atoms with Crippen molar-refractivity contribution < 1.29 is 13.2 Å². The molecule has 22 heavy (non-hydrogen) atoms. The fourth-order valence-corrected chi connectivity index (χ4v) is 6.06. The minimum atomic E-state index is -3.11. The number of rotatable bonds is 5. The zero-order valence-corrected chi connectivity index (χ0v) is 14.6. The van der Waals surface area contributed by atoms with Gasteiger partial charge in [-0.2, -0.15) is 4.31 Å². The van der Waals surface area contributed by atoms with Crippen LogP contribution in [0.1, 0.15) is 26.0 Å². The molecule has 0 N–H and O–H groups in total. The number of hydrogen-bond donors (Lipinski definition) is 0. The second kappa shape index (κ2) is 6.11. The molecule has 0 bridgehead atoms. The van der Waals surface area contributed by atoms with E-state index in [-0.39, 0.29) is 16.1 Å². The van der Waals surface area contributed by atoms with Crippen LogP contribution in [-0.2, 0) is 21.4 Å². The van der Waals surface area contributed by atoms with Crippen LogP contribution in [0.3, 0.4) is 0 Å². The second-order valence-corrected chi connectivity index (χ2v) is 10.3. The molecule has 122 valence electrons. The van der Waals surface area contributed by atoms with E-state index in [1.165, 1.54) is 0 Å². The summed E-state index contributed by atoms with van der Waals surface area (Å²) in [5, 5.41) is -0.340. The molecular formula is C15H22N2O3S2. The van der Waals surface area contributed by atoms with Gasteiger partial charge in [0.05, 0.1) is 23.7 Å². The second-order valence-electron chi connectivity index (χ2n) is 6.31. The van der Waals surface area contributed by atoms with Crippen LogP contribution in [0.5, 0.6) is 0 Å². The Bertz CT molecular complexity index is 613. The Balaban J connectivity index is 1.50. The summed E-state index contributed by atoms with van der Waals surface area (Å²) in [5.74, 6) is 0.933. The van der Waals surface area contributed by atoms with Crippen LogP contribution in [0.4, 0.5) is 0 Å². The predicted octanol–water partition coefficient (Wildman–Crippen LogP) is 1.90. The van der Waals surface area contributed by atoms with Gasteiger partial charge < -0.3 is 4.74 Å². The highest BCUT2D eigenvalue weighted by Gasteiger charge is 2.53. The lowest BCUT2D eigenvalue weighted by molar-refractivity contribution is 0.0380. The van der Waals surface area contributed by atoms with Crippen LogP contribution in [0.2, 0.25) is 0 Å². The lowest BCUT2D eigenvalue weighted by Crippen LogP contribution is -2.61. The summed E-state index contributed by atoms with van der Waals surface area (Å²) in [4.78, 5) is 4.25. The third kappa shape index (κ3) is 3.18. The topological polar surface area (TPSA) is 59.5 Å².